The van der Waals surface area contributed by atoms with Gasteiger partial charge in [0.25, 0.3) is 0 Å². The van der Waals surface area contributed by atoms with Crippen LogP contribution in [0, 0.1) is 11.3 Å². The van der Waals surface area contributed by atoms with Crippen molar-refractivity contribution in [2.24, 2.45) is 17.1 Å². The third-order valence-corrected chi connectivity index (χ3v) is 3.56. The molecule has 6 nitrogen and oxygen atoms in total. The van der Waals surface area contributed by atoms with Crippen molar-refractivity contribution in [1.29, 1.82) is 0 Å². The molecule has 0 aromatic heterocycles. The van der Waals surface area contributed by atoms with E-state index >= 15 is 0 Å². The molecule has 24 heavy (non-hydrogen) atoms. The molecule has 0 heterocycles. The molecule has 0 bridgehead atoms. The Morgan fingerprint density at radius 3 is 2.08 bits per heavy atom. The molecule has 1 rings (SSSR count). The van der Waals surface area contributed by atoms with Gasteiger partial charge in [-0.3, -0.25) is 14.4 Å². The van der Waals surface area contributed by atoms with E-state index in [9.17, 15) is 14.4 Å². The van der Waals surface area contributed by atoms with Crippen LogP contribution in [0.2, 0.25) is 0 Å². The Balaban J connectivity index is 2.57. The fourth-order valence-electron chi connectivity index (χ4n) is 1.93. The summed E-state index contributed by atoms with van der Waals surface area (Å²) in [6.07, 6.45) is 0. The molecule has 0 saturated carbocycles. The number of benzene rings is 1. The summed E-state index contributed by atoms with van der Waals surface area (Å²) in [6, 6.07) is 6.05. The summed E-state index contributed by atoms with van der Waals surface area (Å²) >= 11 is 0. The van der Waals surface area contributed by atoms with Crippen molar-refractivity contribution in [1.82, 2.24) is 5.32 Å². The molecule has 0 radical (unpaired) electrons. The number of carbonyl (C=O) groups is 3. The topological polar surface area (TPSA) is 101 Å². The largest absolute Gasteiger partial charge is 0.346 e. The second kappa shape index (κ2) is 8.06. The highest BCUT2D eigenvalue weighted by Crippen LogP contribution is 2.21. The summed E-state index contributed by atoms with van der Waals surface area (Å²) in [5.41, 5.74) is 6.41. The van der Waals surface area contributed by atoms with E-state index in [4.69, 9.17) is 5.73 Å². The zero-order chi connectivity index (χ0) is 18.5. The minimum atomic E-state index is -0.638. The monoisotopic (exact) mass is 333 g/mol. The molecule has 6 heteroatoms. The number of anilines is 1. The number of amides is 2. The predicted octanol–water partition coefficient (Wildman–Crippen LogP) is 1.95. The molecule has 0 aliphatic rings. The molecule has 0 saturated heterocycles. The maximum atomic E-state index is 12.1. The van der Waals surface area contributed by atoms with Crippen molar-refractivity contribution in [2.45, 2.75) is 40.7 Å². The average molecular weight is 333 g/mol. The van der Waals surface area contributed by atoms with Crippen LogP contribution in [0.4, 0.5) is 5.69 Å². The van der Waals surface area contributed by atoms with Gasteiger partial charge in [-0.15, -0.1) is 0 Å². The normalized spacial score (nSPS) is 12.6. The lowest BCUT2D eigenvalue weighted by atomic mass is 9.86. The minimum absolute atomic E-state index is 0.000888. The molecule has 0 fully saturated rings. The van der Waals surface area contributed by atoms with E-state index in [2.05, 4.69) is 10.6 Å². The summed E-state index contributed by atoms with van der Waals surface area (Å²) in [4.78, 5) is 35.7. The Morgan fingerprint density at radius 1 is 1.08 bits per heavy atom. The summed E-state index contributed by atoms with van der Waals surface area (Å²) in [7, 11) is 0. The predicted molar refractivity (Wildman–Crippen MR) is 94.7 cm³/mol. The van der Waals surface area contributed by atoms with E-state index < -0.39 is 11.5 Å². The zero-order valence-electron chi connectivity index (χ0n) is 15.0. The molecule has 2 amide bonds. The van der Waals surface area contributed by atoms with Crippen LogP contribution in [-0.2, 0) is 9.59 Å². The Hall–Kier alpha value is -2.21. The Kier molecular flexibility index (Phi) is 6.66. The van der Waals surface area contributed by atoms with Crippen LogP contribution in [-0.4, -0.2) is 30.2 Å². The SMILES string of the molecule is CC(C)[C@H](N)C(=O)NCC(=O)Nc1ccc(C(=O)C(C)(C)C)cc1. The van der Waals surface area contributed by atoms with Crippen LogP contribution in [0.5, 0.6) is 0 Å². The van der Waals surface area contributed by atoms with Gasteiger partial charge in [0, 0.05) is 16.7 Å². The number of carbonyl (C=O) groups excluding carboxylic acids is 3. The minimum Gasteiger partial charge on any atom is -0.346 e. The average Bonchev–Trinajstić information content (AvgIpc) is 2.50. The van der Waals surface area contributed by atoms with Gasteiger partial charge < -0.3 is 16.4 Å². The molecular formula is C18H27N3O3. The molecule has 4 N–H and O–H groups in total. The first-order valence-corrected chi connectivity index (χ1v) is 8.00. The first-order valence-electron chi connectivity index (χ1n) is 8.00. The van der Waals surface area contributed by atoms with Crippen LogP contribution in [0.25, 0.3) is 0 Å². The van der Waals surface area contributed by atoms with Crippen LogP contribution in [0.3, 0.4) is 0 Å². The van der Waals surface area contributed by atoms with E-state index in [1.54, 1.807) is 24.3 Å². The van der Waals surface area contributed by atoms with Gasteiger partial charge in [-0.1, -0.05) is 34.6 Å². The maximum absolute atomic E-state index is 12.1. The van der Waals surface area contributed by atoms with Crippen LogP contribution in [0.15, 0.2) is 24.3 Å². The van der Waals surface area contributed by atoms with Gasteiger partial charge in [-0.2, -0.15) is 0 Å². The van der Waals surface area contributed by atoms with Gasteiger partial charge in [-0.25, -0.2) is 0 Å². The fraction of sp³-hybridized carbons (Fsp3) is 0.500. The number of Topliss-reactive ketones (excluding diaryl/α,β-unsaturated/α-hetero) is 1. The van der Waals surface area contributed by atoms with Gasteiger partial charge in [0.05, 0.1) is 12.6 Å². The zero-order valence-corrected chi connectivity index (χ0v) is 15.0. The second-order valence-corrected chi connectivity index (χ2v) is 7.19. The fourth-order valence-corrected chi connectivity index (χ4v) is 1.93. The number of hydrogen-bond acceptors (Lipinski definition) is 4. The van der Waals surface area contributed by atoms with Crippen molar-refractivity contribution >= 4 is 23.3 Å². The van der Waals surface area contributed by atoms with Crippen molar-refractivity contribution < 1.29 is 14.4 Å². The summed E-state index contributed by atoms with van der Waals surface area (Å²) in [5, 5.41) is 5.17. The van der Waals surface area contributed by atoms with Crippen molar-refractivity contribution in [3.8, 4) is 0 Å². The quantitative estimate of drug-likeness (QED) is 0.693. The molecule has 1 atom stereocenters. The van der Waals surface area contributed by atoms with Crippen LogP contribution in [0.1, 0.15) is 45.0 Å². The first kappa shape index (κ1) is 19.8. The summed E-state index contributed by atoms with van der Waals surface area (Å²) in [5.74, 6) is -0.670. The Bertz CT molecular complexity index is 601. The number of rotatable bonds is 6. The van der Waals surface area contributed by atoms with Gasteiger partial charge >= 0.3 is 0 Å². The Labute approximate surface area is 143 Å². The lowest BCUT2D eigenvalue weighted by molar-refractivity contribution is -0.125. The molecule has 1 aromatic rings. The molecule has 0 unspecified atom stereocenters. The highest BCUT2D eigenvalue weighted by molar-refractivity contribution is 6.00. The molecule has 0 spiro atoms. The van der Waals surface area contributed by atoms with Gasteiger partial charge in [0.15, 0.2) is 5.78 Å². The van der Waals surface area contributed by atoms with Crippen LogP contribution < -0.4 is 16.4 Å². The number of ketones is 1. The lowest BCUT2D eigenvalue weighted by Gasteiger charge is -2.17. The van der Waals surface area contributed by atoms with Gasteiger partial charge in [0.1, 0.15) is 0 Å². The Morgan fingerprint density at radius 2 is 1.62 bits per heavy atom. The van der Waals surface area contributed by atoms with Crippen molar-refractivity contribution in [2.75, 3.05) is 11.9 Å². The smallest absolute Gasteiger partial charge is 0.243 e. The third-order valence-electron chi connectivity index (χ3n) is 3.56. The molecular weight excluding hydrogens is 306 g/mol. The maximum Gasteiger partial charge on any atom is 0.243 e. The summed E-state index contributed by atoms with van der Waals surface area (Å²) < 4.78 is 0. The molecule has 0 aliphatic heterocycles. The first-order chi connectivity index (χ1) is 11.0. The molecule has 1 aromatic carbocycles. The lowest BCUT2D eigenvalue weighted by Crippen LogP contribution is -2.46. The number of nitrogens with two attached hydrogens (primary N) is 1. The molecule has 0 aliphatic carbocycles. The van der Waals surface area contributed by atoms with E-state index in [0.29, 0.717) is 11.3 Å². The number of nitrogens with one attached hydrogen (secondary N) is 2. The second-order valence-electron chi connectivity index (χ2n) is 7.19. The van der Waals surface area contributed by atoms with E-state index in [1.807, 2.05) is 34.6 Å². The standard InChI is InChI=1S/C18H27N3O3/c1-11(2)15(19)17(24)20-10-14(22)21-13-8-6-12(7-9-13)16(23)18(3,4)5/h6-9,11,15H,10,19H2,1-5H3,(H,20,24)(H,21,22)/t15-/m0/s1. The van der Waals surface area contributed by atoms with Crippen molar-refractivity contribution in [3.05, 3.63) is 29.8 Å². The third kappa shape index (κ3) is 5.77. The van der Waals surface area contributed by atoms with E-state index in [-0.39, 0.29) is 30.1 Å². The van der Waals surface area contributed by atoms with Gasteiger partial charge in [-0.05, 0) is 30.2 Å². The molecule has 132 valence electrons. The highest BCUT2D eigenvalue weighted by Gasteiger charge is 2.22. The van der Waals surface area contributed by atoms with Gasteiger partial charge in [0.2, 0.25) is 11.8 Å². The van der Waals surface area contributed by atoms with Crippen LogP contribution >= 0.6 is 0 Å². The number of hydrogen-bond donors (Lipinski definition) is 3. The highest BCUT2D eigenvalue weighted by atomic mass is 16.2. The van der Waals surface area contributed by atoms with Crippen molar-refractivity contribution in [3.63, 3.8) is 0 Å². The van der Waals surface area contributed by atoms with E-state index in [1.165, 1.54) is 0 Å². The van der Waals surface area contributed by atoms with E-state index in [0.717, 1.165) is 0 Å². The summed E-state index contributed by atoms with van der Waals surface area (Å²) in [6.45, 7) is 9.10.